The normalized spacial score (nSPS) is 11.6. The molecule has 0 aliphatic rings. The number of nitrogen functional groups attached to an aromatic ring is 1. The molecule has 0 radical (unpaired) electrons. The lowest BCUT2D eigenvalue weighted by molar-refractivity contribution is 0.580. The minimum Gasteiger partial charge on any atom is -0.399 e. The maximum absolute atomic E-state index is 12.4. The van der Waals surface area contributed by atoms with Crippen molar-refractivity contribution >= 4 is 47.6 Å². The first-order valence-electron chi connectivity index (χ1n) is 6.09. The molecule has 0 aliphatic carbocycles. The number of hydrogen-bond acceptors (Lipinski definition) is 3. The number of aryl methyl sites for hydroxylation is 1. The Balaban J connectivity index is 2.25. The minimum atomic E-state index is -3.65. The molecule has 0 saturated heterocycles. The molecule has 0 spiro atoms. The highest BCUT2D eigenvalue weighted by Crippen LogP contribution is 2.32. The summed E-state index contributed by atoms with van der Waals surface area (Å²) in [6.45, 7) is 2.21. The van der Waals surface area contributed by atoms with Crippen molar-refractivity contribution in [2.45, 2.75) is 18.4 Å². The van der Waals surface area contributed by atoms with Gasteiger partial charge in [0.05, 0.1) is 0 Å². The van der Waals surface area contributed by atoms with Crippen molar-refractivity contribution in [2.24, 2.45) is 0 Å². The SMILES string of the molecule is Cc1ccc(CNS(=O)(=O)c2c(Br)cc(N)cc2Br)cc1. The van der Waals surface area contributed by atoms with Gasteiger partial charge in [0.25, 0.3) is 0 Å². The molecular formula is C14H14Br2N2O2S. The maximum atomic E-state index is 12.4. The standard InChI is InChI=1S/C14H14Br2N2O2S/c1-9-2-4-10(5-3-9)8-18-21(19,20)14-12(15)6-11(17)7-13(14)16/h2-7,18H,8,17H2,1H3. The monoisotopic (exact) mass is 432 g/mol. The van der Waals surface area contributed by atoms with Gasteiger partial charge in [-0.3, -0.25) is 0 Å². The van der Waals surface area contributed by atoms with Crippen LogP contribution in [0.3, 0.4) is 0 Å². The predicted octanol–water partition coefficient (Wildman–Crippen LogP) is 3.58. The summed E-state index contributed by atoms with van der Waals surface area (Å²) in [7, 11) is -3.65. The Hall–Kier alpha value is -0.890. The number of sulfonamides is 1. The molecule has 0 bridgehead atoms. The van der Waals surface area contributed by atoms with E-state index in [1.807, 2.05) is 31.2 Å². The van der Waals surface area contributed by atoms with E-state index in [0.717, 1.165) is 11.1 Å². The molecule has 0 saturated carbocycles. The number of benzene rings is 2. The lowest BCUT2D eigenvalue weighted by Crippen LogP contribution is -2.24. The van der Waals surface area contributed by atoms with Crippen LogP contribution in [0.25, 0.3) is 0 Å². The second-order valence-electron chi connectivity index (χ2n) is 4.62. The third-order valence-electron chi connectivity index (χ3n) is 2.88. The zero-order valence-corrected chi connectivity index (χ0v) is 15.2. The molecule has 0 atom stereocenters. The van der Waals surface area contributed by atoms with Crippen molar-refractivity contribution in [2.75, 3.05) is 5.73 Å². The molecule has 2 rings (SSSR count). The lowest BCUT2D eigenvalue weighted by Gasteiger charge is -2.11. The number of nitrogens with one attached hydrogen (secondary N) is 1. The van der Waals surface area contributed by atoms with E-state index in [-0.39, 0.29) is 11.4 Å². The average Bonchev–Trinajstić information content (AvgIpc) is 2.36. The summed E-state index contributed by atoms with van der Waals surface area (Å²) in [5.74, 6) is 0. The van der Waals surface area contributed by atoms with Crippen LogP contribution in [-0.4, -0.2) is 8.42 Å². The first kappa shape index (κ1) is 16.5. The van der Waals surface area contributed by atoms with E-state index in [9.17, 15) is 8.42 Å². The molecule has 21 heavy (non-hydrogen) atoms. The summed E-state index contributed by atoms with van der Waals surface area (Å²) >= 11 is 6.48. The quantitative estimate of drug-likeness (QED) is 0.723. The van der Waals surface area contributed by atoms with Gasteiger partial charge in [-0.2, -0.15) is 0 Å². The fraction of sp³-hybridized carbons (Fsp3) is 0.143. The van der Waals surface area contributed by atoms with E-state index in [0.29, 0.717) is 14.6 Å². The molecule has 0 aliphatic heterocycles. The Labute approximate surface area is 141 Å². The average molecular weight is 434 g/mol. The van der Waals surface area contributed by atoms with E-state index in [1.54, 1.807) is 12.1 Å². The van der Waals surface area contributed by atoms with Crippen LogP contribution in [-0.2, 0) is 16.6 Å². The number of anilines is 1. The zero-order valence-electron chi connectivity index (χ0n) is 11.2. The first-order valence-corrected chi connectivity index (χ1v) is 9.16. The number of halogens is 2. The summed E-state index contributed by atoms with van der Waals surface area (Å²) in [4.78, 5) is 0.142. The van der Waals surface area contributed by atoms with Crippen LogP contribution in [0.5, 0.6) is 0 Å². The number of nitrogens with two attached hydrogens (primary N) is 1. The number of hydrogen-bond donors (Lipinski definition) is 2. The molecule has 7 heteroatoms. The van der Waals surface area contributed by atoms with Gasteiger partial charge in [0.15, 0.2) is 0 Å². The van der Waals surface area contributed by atoms with Gasteiger partial charge in [0.1, 0.15) is 4.90 Å². The zero-order chi connectivity index (χ0) is 15.6. The molecule has 0 amide bonds. The third-order valence-corrected chi connectivity index (χ3v) is 6.15. The van der Waals surface area contributed by atoms with Crippen molar-refractivity contribution in [1.82, 2.24) is 4.72 Å². The maximum Gasteiger partial charge on any atom is 0.243 e. The van der Waals surface area contributed by atoms with Gasteiger partial charge >= 0.3 is 0 Å². The smallest absolute Gasteiger partial charge is 0.243 e. The largest absolute Gasteiger partial charge is 0.399 e. The molecule has 0 unspecified atom stereocenters. The minimum absolute atomic E-state index is 0.142. The summed E-state index contributed by atoms with van der Waals surface area (Å²) < 4.78 is 28.3. The van der Waals surface area contributed by atoms with Crippen molar-refractivity contribution in [3.63, 3.8) is 0 Å². The van der Waals surface area contributed by atoms with Crippen LogP contribution >= 0.6 is 31.9 Å². The van der Waals surface area contributed by atoms with Gasteiger partial charge in [-0.15, -0.1) is 0 Å². The number of rotatable bonds is 4. The highest BCUT2D eigenvalue weighted by atomic mass is 79.9. The molecule has 0 aromatic heterocycles. The fourth-order valence-corrected chi connectivity index (χ4v) is 5.43. The molecular weight excluding hydrogens is 420 g/mol. The third kappa shape index (κ3) is 4.06. The van der Waals surface area contributed by atoms with Crippen LogP contribution in [0.2, 0.25) is 0 Å². The van der Waals surface area contributed by atoms with E-state index in [1.165, 1.54) is 0 Å². The molecule has 112 valence electrons. The molecule has 2 aromatic carbocycles. The highest BCUT2D eigenvalue weighted by molar-refractivity contribution is 9.11. The second-order valence-corrected chi connectivity index (χ2v) is 8.04. The molecule has 4 nitrogen and oxygen atoms in total. The van der Waals surface area contributed by atoms with Gasteiger partial charge in [-0.05, 0) is 56.5 Å². The van der Waals surface area contributed by atoms with Gasteiger partial charge in [0, 0.05) is 21.2 Å². The summed E-state index contributed by atoms with van der Waals surface area (Å²) in [5, 5.41) is 0. The van der Waals surface area contributed by atoms with Gasteiger partial charge < -0.3 is 5.73 Å². The van der Waals surface area contributed by atoms with E-state index in [2.05, 4.69) is 36.6 Å². The van der Waals surface area contributed by atoms with E-state index in [4.69, 9.17) is 5.73 Å². The van der Waals surface area contributed by atoms with Crippen molar-refractivity contribution in [3.8, 4) is 0 Å². The van der Waals surface area contributed by atoms with Crippen LogP contribution in [0, 0.1) is 6.92 Å². The Kier molecular flexibility index (Phi) is 5.08. The second kappa shape index (κ2) is 6.48. The summed E-state index contributed by atoms with van der Waals surface area (Å²) in [5.41, 5.74) is 8.18. The van der Waals surface area contributed by atoms with E-state index >= 15 is 0 Å². The Morgan fingerprint density at radius 3 is 2.14 bits per heavy atom. The van der Waals surface area contributed by atoms with Crippen LogP contribution in [0.1, 0.15) is 11.1 Å². The Bertz CT molecular complexity index is 736. The van der Waals surface area contributed by atoms with Crippen molar-refractivity contribution in [3.05, 3.63) is 56.5 Å². The van der Waals surface area contributed by atoms with Crippen LogP contribution in [0.15, 0.2) is 50.2 Å². The van der Waals surface area contributed by atoms with Crippen LogP contribution < -0.4 is 10.5 Å². The van der Waals surface area contributed by atoms with Gasteiger partial charge in [-0.1, -0.05) is 29.8 Å². The van der Waals surface area contributed by atoms with E-state index < -0.39 is 10.0 Å². The Morgan fingerprint density at radius 1 is 1.10 bits per heavy atom. The summed E-state index contributed by atoms with van der Waals surface area (Å²) in [6, 6.07) is 10.8. The molecule has 2 aromatic rings. The highest BCUT2D eigenvalue weighted by Gasteiger charge is 2.21. The first-order chi connectivity index (χ1) is 9.79. The molecule has 0 fully saturated rings. The molecule has 0 heterocycles. The predicted molar refractivity (Wildman–Crippen MR) is 91.5 cm³/mol. The fourth-order valence-electron chi connectivity index (χ4n) is 1.79. The topological polar surface area (TPSA) is 72.2 Å². The van der Waals surface area contributed by atoms with Crippen molar-refractivity contribution in [1.29, 1.82) is 0 Å². The van der Waals surface area contributed by atoms with Crippen LogP contribution in [0.4, 0.5) is 5.69 Å². The summed E-state index contributed by atoms with van der Waals surface area (Å²) in [6.07, 6.45) is 0. The lowest BCUT2D eigenvalue weighted by atomic mass is 10.2. The Morgan fingerprint density at radius 2 is 1.62 bits per heavy atom. The van der Waals surface area contributed by atoms with Gasteiger partial charge in [-0.25, -0.2) is 13.1 Å². The van der Waals surface area contributed by atoms with Crippen molar-refractivity contribution < 1.29 is 8.42 Å². The molecule has 3 N–H and O–H groups in total. The van der Waals surface area contributed by atoms with Gasteiger partial charge in [0.2, 0.25) is 10.0 Å².